The number of nitrogens with zero attached hydrogens (tertiary/aromatic N) is 5. The number of alkyl halides is 3. The molecule has 1 unspecified atom stereocenters. The number of likely N-dealkylation sites (N-methyl/N-ethyl adjacent to an activating group) is 1. The molecule has 0 bridgehead atoms. The average Bonchev–Trinajstić information content (AvgIpc) is 2.96. The summed E-state index contributed by atoms with van der Waals surface area (Å²) in [7, 11) is 1.98. The summed E-state index contributed by atoms with van der Waals surface area (Å²) >= 11 is 0. The van der Waals surface area contributed by atoms with Gasteiger partial charge in [0.2, 0.25) is 11.5 Å². The van der Waals surface area contributed by atoms with Crippen LogP contribution in [-0.4, -0.2) is 83.8 Å². The van der Waals surface area contributed by atoms with Crippen molar-refractivity contribution < 1.29 is 27.1 Å². The molecule has 43 heavy (non-hydrogen) atoms. The highest BCUT2D eigenvalue weighted by atomic mass is 19.4. The number of hydrogen-bond donors (Lipinski definition) is 2. The summed E-state index contributed by atoms with van der Waals surface area (Å²) in [5.41, 5.74) is -2.33. The second-order valence-corrected chi connectivity index (χ2v) is 11.1. The first-order chi connectivity index (χ1) is 20.3. The molecule has 2 aromatic heterocycles. The van der Waals surface area contributed by atoms with E-state index in [4.69, 9.17) is 4.74 Å². The Balaban J connectivity index is 1.55. The van der Waals surface area contributed by atoms with Crippen LogP contribution in [0, 0.1) is 5.82 Å². The number of halogens is 4. The van der Waals surface area contributed by atoms with Gasteiger partial charge >= 0.3 is 6.18 Å². The fourth-order valence-corrected chi connectivity index (χ4v) is 5.46. The van der Waals surface area contributed by atoms with Crippen LogP contribution in [0.25, 0.3) is 11.1 Å². The summed E-state index contributed by atoms with van der Waals surface area (Å²) in [6.45, 7) is 8.64. The van der Waals surface area contributed by atoms with Crippen molar-refractivity contribution >= 4 is 23.2 Å². The van der Waals surface area contributed by atoms with Gasteiger partial charge in [0.15, 0.2) is 0 Å². The highest BCUT2D eigenvalue weighted by Crippen LogP contribution is 2.37. The molecule has 2 aliphatic heterocycles. The molecule has 1 amide bonds. The molecule has 3 aromatic rings. The maximum Gasteiger partial charge on any atom is 0.417 e. The van der Waals surface area contributed by atoms with Crippen molar-refractivity contribution in [2.24, 2.45) is 0 Å². The molecule has 2 saturated heterocycles. The van der Waals surface area contributed by atoms with E-state index in [0.29, 0.717) is 56.1 Å². The van der Waals surface area contributed by atoms with E-state index in [0.717, 1.165) is 6.20 Å². The predicted molar refractivity (Wildman–Crippen MR) is 154 cm³/mol. The van der Waals surface area contributed by atoms with E-state index in [1.54, 1.807) is 0 Å². The predicted octanol–water partition coefficient (Wildman–Crippen LogP) is 4.00. The van der Waals surface area contributed by atoms with Crippen LogP contribution in [0.2, 0.25) is 0 Å². The number of aromatic nitrogens is 3. The first kappa shape index (κ1) is 30.4. The van der Waals surface area contributed by atoms with E-state index in [1.807, 2.05) is 37.6 Å². The number of rotatable bonds is 5. The number of carbonyl (C=O) groups excluding carboxylic acids is 1. The van der Waals surface area contributed by atoms with Gasteiger partial charge in [0.25, 0.3) is 5.91 Å². The van der Waals surface area contributed by atoms with Gasteiger partial charge in [-0.25, -0.2) is 14.4 Å². The van der Waals surface area contributed by atoms with Crippen LogP contribution in [-0.2, 0) is 10.9 Å². The number of aromatic amines is 1. The third-order valence-corrected chi connectivity index (χ3v) is 8.08. The molecule has 230 valence electrons. The quantitative estimate of drug-likeness (QED) is 0.422. The summed E-state index contributed by atoms with van der Waals surface area (Å²) in [6, 6.07) is 3.20. The summed E-state index contributed by atoms with van der Waals surface area (Å²) in [5, 5.41) is 2.56. The Morgan fingerprint density at radius 2 is 1.74 bits per heavy atom. The number of amides is 1. The number of anilines is 3. The van der Waals surface area contributed by atoms with E-state index in [-0.39, 0.29) is 29.4 Å². The normalized spacial score (nSPS) is 21.6. The molecule has 0 radical (unpaired) electrons. The molecular formula is C29H33F4N7O3. The molecule has 0 aliphatic carbocycles. The lowest BCUT2D eigenvalue weighted by atomic mass is 10.0. The van der Waals surface area contributed by atoms with Gasteiger partial charge in [-0.3, -0.25) is 14.5 Å². The van der Waals surface area contributed by atoms with Gasteiger partial charge in [-0.1, -0.05) is 0 Å². The van der Waals surface area contributed by atoms with E-state index >= 15 is 4.39 Å². The van der Waals surface area contributed by atoms with Gasteiger partial charge in [0.1, 0.15) is 5.82 Å². The number of hydrogen-bond acceptors (Lipinski definition) is 8. The zero-order chi connectivity index (χ0) is 31.1. The Hall–Kier alpha value is -4.04. The number of morpholine rings is 1. The monoisotopic (exact) mass is 603 g/mol. The molecule has 0 saturated carbocycles. The van der Waals surface area contributed by atoms with Crippen LogP contribution in [0.15, 0.2) is 41.6 Å². The van der Waals surface area contributed by atoms with Gasteiger partial charge in [-0.2, -0.15) is 13.2 Å². The number of ether oxygens (including phenoxy) is 1. The van der Waals surface area contributed by atoms with Gasteiger partial charge in [0.05, 0.1) is 41.8 Å². The van der Waals surface area contributed by atoms with Crippen LogP contribution >= 0.6 is 0 Å². The lowest BCUT2D eigenvalue weighted by Crippen LogP contribution is -2.55. The van der Waals surface area contributed by atoms with Crippen molar-refractivity contribution in [3.05, 3.63) is 64.1 Å². The van der Waals surface area contributed by atoms with E-state index in [1.165, 1.54) is 24.5 Å². The fraction of sp³-hybridized carbons (Fsp3) is 0.448. The maximum atomic E-state index is 15.8. The number of carbonyl (C=O) groups is 1. The van der Waals surface area contributed by atoms with Crippen molar-refractivity contribution in [1.82, 2.24) is 19.9 Å². The van der Waals surface area contributed by atoms with Gasteiger partial charge in [-0.15, -0.1) is 0 Å². The minimum Gasteiger partial charge on any atom is -0.377 e. The van der Waals surface area contributed by atoms with Crippen LogP contribution in [0.3, 0.4) is 0 Å². The van der Waals surface area contributed by atoms with Crippen molar-refractivity contribution in [3.8, 4) is 11.1 Å². The average molecular weight is 604 g/mol. The molecule has 3 atom stereocenters. The summed E-state index contributed by atoms with van der Waals surface area (Å²) < 4.78 is 62.4. The lowest BCUT2D eigenvalue weighted by molar-refractivity contribution is -0.138. The van der Waals surface area contributed by atoms with Crippen molar-refractivity contribution in [1.29, 1.82) is 0 Å². The Bertz CT molecular complexity index is 1530. The second kappa shape index (κ2) is 11.9. The van der Waals surface area contributed by atoms with Gasteiger partial charge in [0, 0.05) is 67.5 Å². The minimum absolute atomic E-state index is 0.0559. The molecule has 14 heteroatoms. The molecule has 0 spiro atoms. The SMILES string of the molecule is CC1COCCN1c1ncc(-c2cc(NC(=O)c3c[nH]c(=O)cc3C(F)(F)F)c(N3C[C@@H](C)N(C)[C@@H](C)C3)cc2F)cn1. The first-order valence-electron chi connectivity index (χ1n) is 13.9. The zero-order valence-corrected chi connectivity index (χ0v) is 24.2. The molecule has 2 aliphatic rings. The van der Waals surface area contributed by atoms with Crippen LogP contribution in [0.4, 0.5) is 34.9 Å². The first-order valence-corrected chi connectivity index (χ1v) is 13.9. The minimum atomic E-state index is -4.95. The van der Waals surface area contributed by atoms with Crippen molar-refractivity contribution in [3.63, 3.8) is 0 Å². The van der Waals surface area contributed by atoms with Crippen molar-refractivity contribution in [2.75, 3.05) is 55.0 Å². The van der Waals surface area contributed by atoms with Gasteiger partial charge < -0.3 is 24.8 Å². The van der Waals surface area contributed by atoms with E-state index < -0.39 is 34.6 Å². The largest absolute Gasteiger partial charge is 0.417 e. The van der Waals surface area contributed by atoms with Crippen LogP contribution in [0.1, 0.15) is 36.7 Å². The third kappa shape index (κ3) is 6.34. The topological polar surface area (TPSA) is 107 Å². The molecule has 2 N–H and O–H groups in total. The second-order valence-electron chi connectivity index (χ2n) is 11.1. The van der Waals surface area contributed by atoms with E-state index in [2.05, 4.69) is 25.2 Å². The molecule has 2 fully saturated rings. The standard InChI is InChI=1S/C29H33F4N7O3/c1-16-13-39(14-17(2)38(16)4)25-9-23(30)20(19-10-35-28(36-11-19)40-5-6-43-15-18(40)3)7-24(25)37-27(42)21-12-34-26(41)8-22(21)29(31,32)33/h7-12,16-18H,5-6,13-15H2,1-4H3,(H,34,41)(H,37,42)/t16-,17+,18?. The van der Waals surface area contributed by atoms with E-state index in [9.17, 15) is 22.8 Å². The Morgan fingerprint density at radius 3 is 2.37 bits per heavy atom. The number of pyridine rings is 1. The van der Waals surface area contributed by atoms with Gasteiger partial charge in [-0.05, 0) is 40.0 Å². The maximum absolute atomic E-state index is 15.8. The number of benzene rings is 1. The summed E-state index contributed by atoms with van der Waals surface area (Å²) in [4.78, 5) is 42.0. The molecule has 4 heterocycles. The molecule has 5 rings (SSSR count). The van der Waals surface area contributed by atoms with Crippen LogP contribution < -0.4 is 20.7 Å². The molecule has 10 nitrogen and oxygen atoms in total. The Labute approximate surface area is 245 Å². The number of H-pyrrole nitrogens is 1. The van der Waals surface area contributed by atoms with Crippen molar-refractivity contribution in [2.45, 2.75) is 45.1 Å². The smallest absolute Gasteiger partial charge is 0.377 e. The Kier molecular flexibility index (Phi) is 8.43. The lowest BCUT2D eigenvalue weighted by Gasteiger charge is -2.44. The summed E-state index contributed by atoms with van der Waals surface area (Å²) in [6.07, 6.45) is -1.28. The summed E-state index contributed by atoms with van der Waals surface area (Å²) in [5.74, 6) is -1.25. The highest BCUT2D eigenvalue weighted by Gasteiger charge is 2.36. The Morgan fingerprint density at radius 1 is 1.07 bits per heavy atom. The van der Waals surface area contributed by atoms with Crippen LogP contribution in [0.5, 0.6) is 0 Å². The highest BCUT2D eigenvalue weighted by molar-refractivity contribution is 6.07. The number of piperazine rings is 1. The zero-order valence-electron chi connectivity index (χ0n) is 24.2. The fourth-order valence-electron chi connectivity index (χ4n) is 5.46. The molecular weight excluding hydrogens is 570 g/mol. The third-order valence-electron chi connectivity index (χ3n) is 8.08. The number of nitrogens with one attached hydrogen (secondary N) is 2. The molecule has 1 aromatic carbocycles.